The molecule has 3 rings (SSSR count). The van der Waals surface area contributed by atoms with Crippen LogP contribution in [0.5, 0.6) is 0 Å². The van der Waals surface area contributed by atoms with Gasteiger partial charge in [-0.2, -0.15) is 5.10 Å². The number of hydrogen-bond donors (Lipinski definition) is 1. The van der Waals surface area contributed by atoms with Crippen molar-refractivity contribution in [2.45, 2.75) is 33.0 Å². The number of nitrogens with one attached hydrogen (secondary N) is 1. The first kappa shape index (κ1) is 13.3. The lowest BCUT2D eigenvalue weighted by molar-refractivity contribution is -0.122. The highest BCUT2D eigenvalue weighted by molar-refractivity contribution is 7.10. The summed E-state index contributed by atoms with van der Waals surface area (Å²) in [6.07, 6.45) is 2.74. The molecule has 20 heavy (non-hydrogen) atoms. The van der Waals surface area contributed by atoms with Gasteiger partial charge in [0, 0.05) is 23.1 Å². The molecule has 1 N–H and O–H groups in total. The van der Waals surface area contributed by atoms with Crippen LogP contribution in [0.3, 0.4) is 0 Å². The standard InChI is InChI=1S/C14H17N3O2S/c1-10-3-5-20-13(10)6-15-14(18)8-17-7-11-9-19-4-2-12(11)16-17/h3,5,7H,2,4,6,8-9H2,1H3,(H,15,18). The van der Waals surface area contributed by atoms with E-state index in [-0.39, 0.29) is 12.5 Å². The molecule has 6 heteroatoms. The summed E-state index contributed by atoms with van der Waals surface area (Å²) < 4.78 is 7.08. The third-order valence-electron chi connectivity index (χ3n) is 3.39. The molecule has 0 radical (unpaired) electrons. The second-order valence-corrected chi connectivity index (χ2v) is 5.91. The number of thiophene rings is 1. The van der Waals surface area contributed by atoms with Gasteiger partial charge in [-0.05, 0) is 23.9 Å². The number of carbonyl (C=O) groups is 1. The van der Waals surface area contributed by atoms with Crippen molar-refractivity contribution in [1.82, 2.24) is 15.1 Å². The summed E-state index contributed by atoms with van der Waals surface area (Å²) in [5.74, 6) is -0.0152. The van der Waals surface area contributed by atoms with E-state index in [1.165, 1.54) is 10.4 Å². The molecule has 0 fully saturated rings. The van der Waals surface area contributed by atoms with Crippen LogP contribution in [0.25, 0.3) is 0 Å². The Morgan fingerprint density at radius 2 is 2.50 bits per heavy atom. The fraction of sp³-hybridized carbons (Fsp3) is 0.429. The molecule has 0 aromatic carbocycles. The summed E-state index contributed by atoms with van der Waals surface area (Å²) in [7, 11) is 0. The molecule has 0 saturated carbocycles. The maximum absolute atomic E-state index is 11.9. The van der Waals surface area contributed by atoms with E-state index in [0.29, 0.717) is 19.8 Å². The van der Waals surface area contributed by atoms with E-state index in [2.05, 4.69) is 23.4 Å². The van der Waals surface area contributed by atoms with Gasteiger partial charge in [0.25, 0.3) is 0 Å². The molecule has 0 aliphatic carbocycles. The van der Waals surface area contributed by atoms with Crippen LogP contribution in [0.4, 0.5) is 0 Å². The topological polar surface area (TPSA) is 56.2 Å². The van der Waals surface area contributed by atoms with E-state index in [1.54, 1.807) is 16.0 Å². The molecule has 1 aliphatic rings. The molecular formula is C14H17N3O2S. The quantitative estimate of drug-likeness (QED) is 0.931. The number of fused-ring (bicyclic) bond motifs is 1. The summed E-state index contributed by atoms with van der Waals surface area (Å²) in [4.78, 5) is 13.1. The van der Waals surface area contributed by atoms with Gasteiger partial charge in [-0.1, -0.05) is 0 Å². The number of aryl methyl sites for hydroxylation is 1. The first-order chi connectivity index (χ1) is 9.72. The predicted octanol–water partition coefficient (Wildman–Crippen LogP) is 1.64. The van der Waals surface area contributed by atoms with Crippen LogP contribution in [0.15, 0.2) is 17.6 Å². The zero-order valence-corrected chi connectivity index (χ0v) is 12.2. The lowest BCUT2D eigenvalue weighted by atomic mass is 10.2. The first-order valence-corrected chi connectivity index (χ1v) is 7.53. The number of hydrogen-bond acceptors (Lipinski definition) is 4. The number of ether oxygens (including phenoxy) is 1. The average molecular weight is 291 g/mol. The molecule has 0 unspecified atom stereocenters. The van der Waals surface area contributed by atoms with E-state index in [4.69, 9.17) is 4.74 Å². The lowest BCUT2D eigenvalue weighted by Crippen LogP contribution is -2.27. The van der Waals surface area contributed by atoms with Gasteiger partial charge in [0.2, 0.25) is 5.91 Å². The highest BCUT2D eigenvalue weighted by Gasteiger charge is 2.15. The summed E-state index contributed by atoms with van der Waals surface area (Å²) in [5, 5.41) is 9.41. The van der Waals surface area contributed by atoms with Gasteiger partial charge in [-0.25, -0.2) is 0 Å². The monoisotopic (exact) mass is 291 g/mol. The SMILES string of the molecule is Cc1ccsc1CNC(=O)Cn1cc2c(n1)CCOC2. The second kappa shape index (κ2) is 5.76. The van der Waals surface area contributed by atoms with Crippen LogP contribution in [-0.4, -0.2) is 22.3 Å². The van der Waals surface area contributed by atoms with Crippen molar-refractivity contribution in [3.05, 3.63) is 39.3 Å². The fourth-order valence-corrected chi connectivity index (χ4v) is 3.08. The van der Waals surface area contributed by atoms with Crippen LogP contribution in [0.2, 0.25) is 0 Å². The van der Waals surface area contributed by atoms with E-state index in [0.717, 1.165) is 17.7 Å². The van der Waals surface area contributed by atoms with E-state index >= 15 is 0 Å². The van der Waals surface area contributed by atoms with Crippen molar-refractivity contribution >= 4 is 17.2 Å². The Morgan fingerprint density at radius 1 is 1.60 bits per heavy atom. The third kappa shape index (κ3) is 2.91. The summed E-state index contributed by atoms with van der Waals surface area (Å²) in [5.41, 5.74) is 3.37. The Hall–Kier alpha value is -1.66. The minimum Gasteiger partial charge on any atom is -0.376 e. The van der Waals surface area contributed by atoms with Gasteiger partial charge in [0.15, 0.2) is 0 Å². The van der Waals surface area contributed by atoms with Gasteiger partial charge in [0.1, 0.15) is 6.54 Å². The van der Waals surface area contributed by atoms with Gasteiger partial charge in [0.05, 0.1) is 25.5 Å². The van der Waals surface area contributed by atoms with Crippen LogP contribution in [0, 0.1) is 6.92 Å². The molecular weight excluding hydrogens is 274 g/mol. The van der Waals surface area contributed by atoms with Crippen molar-refractivity contribution in [3.63, 3.8) is 0 Å². The Morgan fingerprint density at radius 3 is 3.25 bits per heavy atom. The molecule has 3 heterocycles. The van der Waals surface area contributed by atoms with Gasteiger partial charge < -0.3 is 10.1 Å². The zero-order valence-electron chi connectivity index (χ0n) is 11.4. The van der Waals surface area contributed by atoms with E-state index in [9.17, 15) is 4.79 Å². The summed E-state index contributed by atoms with van der Waals surface area (Å²) >= 11 is 1.67. The Labute approximate surface area is 121 Å². The minimum atomic E-state index is -0.0152. The maximum atomic E-state index is 11.9. The molecule has 106 valence electrons. The molecule has 1 aliphatic heterocycles. The van der Waals surface area contributed by atoms with Crippen LogP contribution in [0.1, 0.15) is 21.7 Å². The van der Waals surface area contributed by atoms with Crippen LogP contribution in [-0.2, 0) is 35.6 Å². The average Bonchev–Trinajstić information content (AvgIpc) is 3.01. The van der Waals surface area contributed by atoms with Crippen molar-refractivity contribution in [3.8, 4) is 0 Å². The van der Waals surface area contributed by atoms with Crippen molar-refractivity contribution in [2.24, 2.45) is 0 Å². The minimum absolute atomic E-state index is 0.0152. The Kier molecular flexibility index (Phi) is 3.84. The van der Waals surface area contributed by atoms with Crippen LogP contribution >= 0.6 is 11.3 Å². The number of aromatic nitrogens is 2. The highest BCUT2D eigenvalue weighted by Crippen LogP contribution is 2.15. The zero-order chi connectivity index (χ0) is 13.9. The van der Waals surface area contributed by atoms with Crippen LogP contribution < -0.4 is 5.32 Å². The number of carbonyl (C=O) groups excluding carboxylic acids is 1. The van der Waals surface area contributed by atoms with Gasteiger partial charge in [-0.3, -0.25) is 9.48 Å². The van der Waals surface area contributed by atoms with E-state index in [1.807, 2.05) is 11.6 Å². The molecule has 2 aromatic rings. The molecule has 5 nitrogen and oxygen atoms in total. The number of nitrogens with zero attached hydrogens (tertiary/aromatic N) is 2. The second-order valence-electron chi connectivity index (χ2n) is 4.90. The maximum Gasteiger partial charge on any atom is 0.242 e. The molecule has 0 atom stereocenters. The summed E-state index contributed by atoms with van der Waals surface area (Å²) in [6.45, 7) is 4.22. The third-order valence-corrected chi connectivity index (χ3v) is 4.41. The largest absolute Gasteiger partial charge is 0.376 e. The molecule has 0 saturated heterocycles. The molecule has 1 amide bonds. The van der Waals surface area contributed by atoms with E-state index < -0.39 is 0 Å². The van der Waals surface area contributed by atoms with Crippen molar-refractivity contribution in [2.75, 3.05) is 6.61 Å². The molecule has 2 aromatic heterocycles. The molecule has 0 spiro atoms. The number of amides is 1. The van der Waals surface area contributed by atoms with Gasteiger partial charge >= 0.3 is 0 Å². The fourth-order valence-electron chi connectivity index (χ4n) is 2.23. The highest BCUT2D eigenvalue weighted by atomic mass is 32.1. The van der Waals surface area contributed by atoms with Gasteiger partial charge in [-0.15, -0.1) is 11.3 Å². The molecule has 0 bridgehead atoms. The smallest absolute Gasteiger partial charge is 0.242 e. The predicted molar refractivity (Wildman–Crippen MR) is 76.5 cm³/mol. The van der Waals surface area contributed by atoms with Crippen molar-refractivity contribution < 1.29 is 9.53 Å². The Bertz CT molecular complexity index is 594. The lowest BCUT2D eigenvalue weighted by Gasteiger charge is -2.08. The first-order valence-electron chi connectivity index (χ1n) is 6.65. The summed E-state index contributed by atoms with van der Waals surface area (Å²) in [6, 6.07) is 2.06. The number of rotatable bonds is 4. The van der Waals surface area contributed by atoms with Crippen molar-refractivity contribution in [1.29, 1.82) is 0 Å². The Balaban J connectivity index is 1.56. The normalized spacial score (nSPS) is 14.1.